The second kappa shape index (κ2) is 31.9. The standard InChI is InChI=1S/C37H43ClF3N7O5S.C37H42F3N7O5S/c1-35(2)22-26(23-43-35)10-6-19-42-33-28(53-24-25-8-4-3-5-9-25)12-14-31(45-33)54(50,51)47-34(49)27-11-13-29(44-32(27)38)48-20-15-30(46-48)52-21-7-16-36(17-18-36)37(39,40)41;1-35(2)22-26-10-6-19-41-32-28(52-24-25-8-4-3-5-9-25)12-14-31(43-32)53(49,50)45-34(48)27-11-13-29(42-33(27)46(35)23-26)47-20-15-30(44-47)51-21-7-16-36(17-18-36)37(38,39)40/h3-5,8-9,11-15,20,26,43H,6-7,10,16-19,21-24H2,1-2H3,(H,42,45)(H,47,49);3-5,8-9,11-15,20,26H,6-7,10,16-19,21-24H2,1-2H3,(H,41,43)(H,45,48)/t2*26-/m00/s1. The summed E-state index contributed by atoms with van der Waals surface area (Å²) in [6.07, 6.45) is 1.09. The Hall–Kier alpha value is -9.27. The van der Waals surface area contributed by atoms with E-state index in [-0.39, 0.29) is 140 Å². The van der Waals surface area contributed by atoms with Crippen LogP contribution in [0.5, 0.6) is 23.3 Å². The smallest absolute Gasteiger partial charge is 0.394 e. The first-order chi connectivity index (χ1) is 50.9. The number of benzene rings is 2. The summed E-state index contributed by atoms with van der Waals surface area (Å²) in [5.41, 5.74) is -1.77. The van der Waals surface area contributed by atoms with E-state index in [0.29, 0.717) is 48.7 Å². The van der Waals surface area contributed by atoms with E-state index < -0.39 is 65.6 Å². The summed E-state index contributed by atoms with van der Waals surface area (Å²) < 4.78 is 164. The Bertz CT molecular complexity index is 4700. The van der Waals surface area contributed by atoms with E-state index in [1.54, 1.807) is 18.3 Å². The van der Waals surface area contributed by atoms with Crippen LogP contribution in [0.15, 0.2) is 144 Å². The Labute approximate surface area is 621 Å². The molecule has 107 heavy (non-hydrogen) atoms. The fraction of sp³-hybridized carbons (Fsp3) is 0.459. The molecule has 33 heteroatoms. The number of carbonyl (C=O) groups excluding carboxylic acids is 2. The van der Waals surface area contributed by atoms with Gasteiger partial charge >= 0.3 is 12.4 Å². The van der Waals surface area contributed by atoms with Gasteiger partial charge in [0.05, 0.1) is 35.2 Å². The fourth-order valence-electron chi connectivity index (χ4n) is 13.7. The molecule has 5 aliphatic rings. The molecule has 2 saturated carbocycles. The van der Waals surface area contributed by atoms with Gasteiger partial charge in [-0.15, -0.1) is 10.2 Å². The summed E-state index contributed by atoms with van der Waals surface area (Å²) in [4.78, 5) is 46.8. The number of rotatable bonds is 26. The SMILES string of the molecule is CC1(C)C[C@@H]2CCCNc3nc(ccc3OCc3ccccc3)S(=O)(=O)NC(=O)c3ccc(-n4ccc(OCCCC5(C(F)(F)F)CC5)n4)nc3N1C2.CC1(C)C[C@H](CCCNc2nc(S(=O)(=O)NC(=O)c3ccc(-n4ccc(OCCCC5(C(F)(F)F)CC5)n4)nc3Cl)ccc2OCc2ccccc2)CN1. The number of anilines is 3. The predicted octanol–water partition coefficient (Wildman–Crippen LogP) is 13.8. The molecule has 3 aliphatic heterocycles. The van der Waals surface area contributed by atoms with Crippen molar-refractivity contribution in [1.29, 1.82) is 0 Å². The molecule has 0 spiro atoms. The van der Waals surface area contributed by atoms with Gasteiger partial charge in [0.25, 0.3) is 31.9 Å². The summed E-state index contributed by atoms with van der Waals surface area (Å²) in [5, 5.41) is 17.6. The van der Waals surface area contributed by atoms with Crippen molar-refractivity contribution in [3.63, 3.8) is 0 Å². The van der Waals surface area contributed by atoms with Gasteiger partial charge in [-0.25, -0.2) is 38.7 Å². The molecule has 4 bridgehead atoms. The van der Waals surface area contributed by atoms with Gasteiger partial charge in [-0.1, -0.05) is 72.3 Å². The number of aromatic nitrogens is 8. The van der Waals surface area contributed by atoms with E-state index in [1.807, 2.05) is 70.3 Å². The zero-order valence-corrected chi connectivity index (χ0v) is 61.9. The van der Waals surface area contributed by atoms with E-state index in [9.17, 15) is 52.8 Å². The first-order valence-electron chi connectivity index (χ1n) is 35.6. The highest BCUT2D eigenvalue weighted by Gasteiger charge is 2.63. The number of alkyl halides is 6. The molecule has 572 valence electrons. The summed E-state index contributed by atoms with van der Waals surface area (Å²) >= 11 is 6.33. The first-order valence-corrected chi connectivity index (χ1v) is 38.9. The maximum absolute atomic E-state index is 13.9. The zero-order valence-electron chi connectivity index (χ0n) is 59.5. The molecule has 6 aromatic heterocycles. The highest BCUT2D eigenvalue weighted by atomic mass is 35.5. The largest absolute Gasteiger partial charge is 0.485 e. The minimum Gasteiger partial charge on any atom is -0.485 e. The van der Waals surface area contributed by atoms with Crippen molar-refractivity contribution in [2.45, 2.75) is 164 Å². The summed E-state index contributed by atoms with van der Waals surface area (Å²) in [6.45, 7) is 11.7. The van der Waals surface area contributed by atoms with Crippen molar-refractivity contribution in [1.82, 2.24) is 54.3 Å². The molecule has 0 radical (unpaired) electrons. The first kappa shape index (κ1) is 77.3. The van der Waals surface area contributed by atoms with Crippen molar-refractivity contribution in [2.24, 2.45) is 22.7 Å². The van der Waals surface area contributed by atoms with Crippen LogP contribution in [-0.2, 0) is 33.3 Å². The number of sulfonamides is 2. The molecule has 0 unspecified atom stereocenters. The summed E-state index contributed by atoms with van der Waals surface area (Å²) in [6, 6.07) is 33.6. The molecule has 2 aromatic carbocycles. The summed E-state index contributed by atoms with van der Waals surface area (Å²) in [5.74, 6) is 1.38. The van der Waals surface area contributed by atoms with E-state index in [1.165, 1.54) is 64.1 Å². The number of nitrogens with zero attached hydrogens (tertiary/aromatic N) is 9. The van der Waals surface area contributed by atoms with E-state index >= 15 is 0 Å². The van der Waals surface area contributed by atoms with Gasteiger partial charge in [0, 0.05) is 55.2 Å². The number of fused-ring (bicyclic) bond motifs is 6. The number of nitrogens with one attached hydrogen (secondary N) is 5. The molecular weight excluding hydrogens is 1460 g/mol. The third kappa shape index (κ3) is 19.2. The predicted molar refractivity (Wildman–Crippen MR) is 387 cm³/mol. The molecule has 8 aromatic rings. The molecular formula is C74H85ClF6N14O10S2. The molecule has 2 atom stereocenters. The van der Waals surface area contributed by atoms with Gasteiger partial charge in [-0.3, -0.25) is 9.59 Å². The van der Waals surface area contributed by atoms with E-state index in [4.69, 9.17) is 35.5 Å². The maximum atomic E-state index is 13.9. The van der Waals surface area contributed by atoms with Crippen molar-refractivity contribution in [2.75, 3.05) is 54.9 Å². The average molecular weight is 1540 g/mol. The Morgan fingerprint density at radius 2 is 1.28 bits per heavy atom. The topological polar surface area (TPSA) is 290 Å². The number of hydrogen-bond donors (Lipinski definition) is 5. The quantitative estimate of drug-likeness (QED) is 0.0191. The van der Waals surface area contributed by atoms with Crippen molar-refractivity contribution in [3.05, 3.63) is 161 Å². The minimum absolute atomic E-state index is 0.00631. The lowest BCUT2D eigenvalue weighted by Gasteiger charge is -2.34. The zero-order chi connectivity index (χ0) is 76.0. The molecule has 24 nitrogen and oxygen atoms in total. The Morgan fingerprint density at radius 1 is 0.692 bits per heavy atom. The van der Waals surface area contributed by atoms with Crippen molar-refractivity contribution >= 4 is 60.9 Å². The number of ether oxygens (including phenoxy) is 4. The molecule has 2 saturated heterocycles. The molecule has 9 heterocycles. The van der Waals surface area contributed by atoms with E-state index in [2.05, 4.69) is 73.5 Å². The van der Waals surface area contributed by atoms with Crippen LogP contribution in [0.3, 0.4) is 0 Å². The van der Waals surface area contributed by atoms with Crippen molar-refractivity contribution in [3.8, 4) is 34.9 Å². The number of halogens is 7. The van der Waals surface area contributed by atoms with Gasteiger partial charge in [0.1, 0.15) is 24.2 Å². The Kier molecular flexibility index (Phi) is 23.1. The van der Waals surface area contributed by atoms with Crippen LogP contribution in [0, 0.1) is 22.7 Å². The van der Waals surface area contributed by atoms with Crippen LogP contribution in [-0.4, -0.2) is 131 Å². The lowest BCUT2D eigenvalue weighted by atomic mass is 9.93. The number of hydrogen-bond acceptors (Lipinski definition) is 20. The fourth-order valence-corrected chi connectivity index (χ4v) is 15.8. The van der Waals surface area contributed by atoms with Crippen LogP contribution >= 0.6 is 11.6 Å². The molecule has 2 amide bonds. The Morgan fingerprint density at radius 3 is 1.86 bits per heavy atom. The molecule has 5 N–H and O–H groups in total. The van der Waals surface area contributed by atoms with Gasteiger partial charge in [0.2, 0.25) is 11.8 Å². The number of carbonyl (C=O) groups is 2. The third-order valence-corrected chi connectivity index (χ3v) is 22.7. The van der Waals surface area contributed by atoms with Crippen LogP contribution in [0.1, 0.15) is 149 Å². The Balaban J connectivity index is 0.000000200. The third-order valence-electron chi connectivity index (χ3n) is 20.0. The number of pyridine rings is 4. The monoisotopic (exact) mass is 1540 g/mol. The highest BCUT2D eigenvalue weighted by molar-refractivity contribution is 7.90. The highest BCUT2D eigenvalue weighted by Crippen LogP contribution is 2.61. The van der Waals surface area contributed by atoms with Gasteiger partial charge in [0.15, 0.2) is 44.8 Å². The van der Waals surface area contributed by atoms with Gasteiger partial charge in [-0.2, -0.15) is 43.2 Å². The number of amides is 2. The normalized spacial score (nSPS) is 18.9. The van der Waals surface area contributed by atoms with Crippen LogP contribution in [0.4, 0.5) is 43.8 Å². The second-order valence-electron chi connectivity index (χ2n) is 29.1. The minimum atomic E-state index is -4.47. The molecule has 13 rings (SSSR count). The van der Waals surface area contributed by atoms with Crippen LogP contribution in [0.25, 0.3) is 11.6 Å². The van der Waals surface area contributed by atoms with Crippen molar-refractivity contribution < 1.29 is 71.7 Å². The van der Waals surface area contributed by atoms with E-state index in [0.717, 1.165) is 56.2 Å². The van der Waals surface area contributed by atoms with Gasteiger partial charge < -0.3 is 39.8 Å². The lowest BCUT2D eigenvalue weighted by molar-refractivity contribution is -0.190. The van der Waals surface area contributed by atoms with Crippen LogP contribution in [0.2, 0.25) is 5.15 Å². The average Bonchev–Trinajstić information content (AvgIpc) is 1.65. The second-order valence-corrected chi connectivity index (χ2v) is 32.7. The molecule has 2 aliphatic carbocycles. The maximum Gasteiger partial charge on any atom is 0.394 e. The van der Waals surface area contributed by atoms with Gasteiger partial charge in [-0.05, 0) is 196 Å². The molecule has 4 fully saturated rings. The lowest BCUT2D eigenvalue weighted by Crippen LogP contribution is -2.41. The van der Waals surface area contributed by atoms with Crippen LogP contribution < -0.4 is 49.2 Å². The summed E-state index contributed by atoms with van der Waals surface area (Å²) in [7, 11) is -8.90.